The summed E-state index contributed by atoms with van der Waals surface area (Å²) in [7, 11) is 0. The fraction of sp³-hybridized carbons (Fsp3) is 0. The molecular formula is C36H24F2O5. The highest BCUT2D eigenvalue weighted by molar-refractivity contribution is 5.43. The molecule has 0 N–H and O–H groups in total. The Kier molecular flexibility index (Phi) is 8.13. The Hall–Kier alpha value is -5.82. The van der Waals surface area contributed by atoms with Gasteiger partial charge >= 0.3 is 0 Å². The lowest BCUT2D eigenvalue weighted by molar-refractivity contribution is 0.452. The zero-order valence-corrected chi connectivity index (χ0v) is 22.7. The van der Waals surface area contributed by atoms with Gasteiger partial charge in [-0.3, -0.25) is 0 Å². The minimum absolute atomic E-state index is 0.368. The Morgan fingerprint density at radius 3 is 0.791 bits per heavy atom. The molecule has 0 aliphatic carbocycles. The predicted octanol–water partition coefficient (Wildman–Crippen LogP) is 10.9. The predicted molar refractivity (Wildman–Crippen MR) is 159 cm³/mol. The minimum Gasteiger partial charge on any atom is -0.457 e. The summed E-state index contributed by atoms with van der Waals surface area (Å²) in [6.45, 7) is 0. The lowest BCUT2D eigenvalue weighted by Gasteiger charge is -2.11. The fourth-order valence-corrected chi connectivity index (χ4v) is 4.10. The highest BCUT2D eigenvalue weighted by atomic mass is 19.1. The van der Waals surface area contributed by atoms with Crippen molar-refractivity contribution in [3.63, 3.8) is 0 Å². The molecule has 0 aliphatic rings. The molecule has 0 unspecified atom stereocenters. The van der Waals surface area contributed by atoms with Crippen LogP contribution in [0.1, 0.15) is 0 Å². The maximum atomic E-state index is 13.5. The Labute approximate surface area is 247 Å². The summed E-state index contributed by atoms with van der Waals surface area (Å²) in [5.41, 5.74) is 0. The van der Waals surface area contributed by atoms with Gasteiger partial charge in [-0.15, -0.1) is 0 Å². The lowest BCUT2D eigenvalue weighted by Crippen LogP contribution is -1.89. The summed E-state index contributed by atoms with van der Waals surface area (Å²) in [6, 6.07) is 40.5. The van der Waals surface area contributed by atoms with Crippen LogP contribution in [0.25, 0.3) is 0 Å². The van der Waals surface area contributed by atoms with Crippen molar-refractivity contribution >= 4 is 0 Å². The van der Waals surface area contributed by atoms with Gasteiger partial charge in [-0.25, -0.2) is 8.78 Å². The second kappa shape index (κ2) is 12.8. The first kappa shape index (κ1) is 27.4. The average molecular weight is 575 g/mol. The number of benzene rings is 6. The molecule has 0 aliphatic heterocycles. The molecule has 0 fully saturated rings. The molecule has 0 amide bonds. The summed E-state index contributed by atoms with van der Waals surface area (Å²) < 4.78 is 56.2. The molecule has 0 spiro atoms. The van der Waals surface area contributed by atoms with Crippen LogP contribution in [-0.2, 0) is 0 Å². The molecule has 5 nitrogen and oxygen atoms in total. The summed E-state index contributed by atoms with van der Waals surface area (Å²) >= 11 is 0. The maximum Gasteiger partial charge on any atom is 0.131 e. The molecule has 6 rings (SSSR count). The quantitative estimate of drug-likeness (QED) is 0.163. The van der Waals surface area contributed by atoms with E-state index in [9.17, 15) is 8.78 Å². The highest BCUT2D eigenvalue weighted by Crippen LogP contribution is 2.32. The van der Waals surface area contributed by atoms with E-state index in [1.54, 1.807) is 121 Å². The van der Waals surface area contributed by atoms with E-state index in [2.05, 4.69) is 0 Å². The Morgan fingerprint density at radius 1 is 0.256 bits per heavy atom. The third-order valence-corrected chi connectivity index (χ3v) is 6.03. The second-order valence-electron chi connectivity index (χ2n) is 9.32. The first-order valence-electron chi connectivity index (χ1n) is 13.3. The van der Waals surface area contributed by atoms with E-state index in [4.69, 9.17) is 23.7 Å². The van der Waals surface area contributed by atoms with Crippen LogP contribution in [0.5, 0.6) is 57.5 Å². The van der Waals surface area contributed by atoms with Gasteiger partial charge in [0.05, 0.1) is 0 Å². The minimum atomic E-state index is -0.368. The summed E-state index contributed by atoms with van der Waals surface area (Å²) in [6.07, 6.45) is 0. The maximum absolute atomic E-state index is 13.5. The molecule has 6 aromatic rings. The van der Waals surface area contributed by atoms with Crippen molar-refractivity contribution in [2.45, 2.75) is 0 Å². The molecule has 0 saturated carbocycles. The molecule has 43 heavy (non-hydrogen) atoms. The number of ether oxygens (including phenoxy) is 5. The van der Waals surface area contributed by atoms with E-state index in [1.165, 1.54) is 24.3 Å². The third kappa shape index (κ3) is 7.68. The van der Waals surface area contributed by atoms with Gasteiger partial charge in [0.25, 0.3) is 0 Å². The summed E-state index contributed by atoms with van der Waals surface area (Å²) in [5.74, 6) is 4.76. The SMILES string of the molecule is Fc1cccc(Oc2cccc(Oc3ccc(Oc4ccc(Oc5cccc(Oc6cccc(F)c6)c5)cc4)cc3)c2)c1. The van der Waals surface area contributed by atoms with Crippen LogP contribution in [0.4, 0.5) is 8.78 Å². The van der Waals surface area contributed by atoms with Gasteiger partial charge in [-0.1, -0.05) is 24.3 Å². The van der Waals surface area contributed by atoms with Crippen molar-refractivity contribution in [1.29, 1.82) is 0 Å². The first-order chi connectivity index (χ1) is 21.0. The van der Waals surface area contributed by atoms with E-state index in [1.807, 2.05) is 0 Å². The van der Waals surface area contributed by atoms with Crippen molar-refractivity contribution in [2.24, 2.45) is 0 Å². The Balaban J connectivity index is 1.03. The van der Waals surface area contributed by atoms with Crippen LogP contribution in [0.15, 0.2) is 146 Å². The van der Waals surface area contributed by atoms with Gasteiger partial charge in [0, 0.05) is 24.3 Å². The van der Waals surface area contributed by atoms with Crippen LogP contribution >= 0.6 is 0 Å². The lowest BCUT2D eigenvalue weighted by atomic mass is 10.3. The van der Waals surface area contributed by atoms with Crippen molar-refractivity contribution in [3.05, 3.63) is 157 Å². The monoisotopic (exact) mass is 574 g/mol. The van der Waals surface area contributed by atoms with Gasteiger partial charge in [-0.2, -0.15) is 0 Å². The number of rotatable bonds is 10. The molecule has 0 heterocycles. The van der Waals surface area contributed by atoms with E-state index < -0.39 is 0 Å². The van der Waals surface area contributed by atoms with Crippen LogP contribution < -0.4 is 23.7 Å². The van der Waals surface area contributed by atoms with Gasteiger partial charge in [-0.05, 0) is 97.1 Å². The molecular weight excluding hydrogens is 550 g/mol. The number of halogens is 2. The van der Waals surface area contributed by atoms with Gasteiger partial charge < -0.3 is 23.7 Å². The smallest absolute Gasteiger partial charge is 0.131 e. The van der Waals surface area contributed by atoms with Gasteiger partial charge in [0.1, 0.15) is 69.1 Å². The Morgan fingerprint density at radius 2 is 0.488 bits per heavy atom. The van der Waals surface area contributed by atoms with Crippen LogP contribution in [0, 0.1) is 11.6 Å². The van der Waals surface area contributed by atoms with Gasteiger partial charge in [0.2, 0.25) is 0 Å². The first-order valence-corrected chi connectivity index (χ1v) is 13.3. The average Bonchev–Trinajstić information content (AvgIpc) is 3.00. The summed E-state index contributed by atoms with van der Waals surface area (Å²) in [5, 5.41) is 0. The van der Waals surface area contributed by atoms with E-state index in [0.717, 1.165) is 0 Å². The standard InChI is InChI=1S/C36H24F2O5/c37-25-5-1-7-31(21-25)42-35-11-3-9-33(23-35)40-29-17-13-27(14-18-29)39-28-15-19-30(20-16-28)41-34-10-4-12-36(24-34)43-32-8-2-6-26(38)22-32/h1-24H. The largest absolute Gasteiger partial charge is 0.457 e. The van der Waals surface area contributed by atoms with Crippen molar-refractivity contribution < 1.29 is 32.5 Å². The normalized spacial score (nSPS) is 10.6. The van der Waals surface area contributed by atoms with Crippen molar-refractivity contribution in [3.8, 4) is 57.5 Å². The van der Waals surface area contributed by atoms with Crippen molar-refractivity contribution in [2.75, 3.05) is 0 Å². The van der Waals surface area contributed by atoms with Crippen LogP contribution in [0.2, 0.25) is 0 Å². The molecule has 7 heteroatoms. The number of hydrogen-bond acceptors (Lipinski definition) is 5. The van der Waals surface area contributed by atoms with E-state index in [-0.39, 0.29) is 11.6 Å². The molecule has 0 radical (unpaired) electrons. The topological polar surface area (TPSA) is 46.2 Å². The fourth-order valence-electron chi connectivity index (χ4n) is 4.10. The molecule has 6 aromatic carbocycles. The van der Waals surface area contributed by atoms with E-state index in [0.29, 0.717) is 57.5 Å². The third-order valence-electron chi connectivity index (χ3n) is 6.03. The van der Waals surface area contributed by atoms with Crippen LogP contribution in [0.3, 0.4) is 0 Å². The highest BCUT2D eigenvalue weighted by Gasteiger charge is 2.06. The molecule has 212 valence electrons. The molecule has 0 aromatic heterocycles. The zero-order chi connectivity index (χ0) is 29.4. The van der Waals surface area contributed by atoms with Crippen LogP contribution in [-0.4, -0.2) is 0 Å². The second-order valence-corrected chi connectivity index (χ2v) is 9.32. The molecule has 0 bridgehead atoms. The number of hydrogen-bond donors (Lipinski definition) is 0. The van der Waals surface area contributed by atoms with Gasteiger partial charge in [0.15, 0.2) is 0 Å². The zero-order valence-electron chi connectivity index (χ0n) is 22.7. The van der Waals surface area contributed by atoms with Crippen molar-refractivity contribution in [1.82, 2.24) is 0 Å². The summed E-state index contributed by atoms with van der Waals surface area (Å²) in [4.78, 5) is 0. The molecule has 0 saturated heterocycles. The van der Waals surface area contributed by atoms with E-state index >= 15 is 0 Å². The Bertz CT molecular complexity index is 1690. The molecule has 0 atom stereocenters.